The van der Waals surface area contributed by atoms with Crippen LogP contribution >= 0.6 is 0 Å². The quantitative estimate of drug-likeness (QED) is 0.211. The number of aromatic hydroxyl groups is 1. The second-order valence-electron chi connectivity index (χ2n) is 12.8. The standard InChI is InChI=1S/C27H29FO.C14H16N.2ClH.Ti/c1-3-5-15-27(16-6-4-2)24-10-8-7-9-21(24)22-13-11-19(17-25(22)27)23-18-20(28)12-14-26(23)29;1-11-10-12-6-2-3-7-13(12)14(11)15-8-4-5-9-15;;;/h7-14,17-18,29H,3-6,15-16H2,1-2H3;2-3,6-7,14H,4-5,8-9H2,1H3;2*1H;/q;-1;;;+3/p-2. The third-order valence-electron chi connectivity index (χ3n) is 9.95. The van der Waals surface area contributed by atoms with E-state index < -0.39 is 0 Å². The van der Waals surface area contributed by atoms with E-state index >= 15 is 0 Å². The Morgan fingerprint density at radius 3 is 2.13 bits per heavy atom. The first kappa shape index (κ1) is 39.0. The molecule has 7 rings (SSSR count). The van der Waals surface area contributed by atoms with Gasteiger partial charge in [0, 0.05) is 17.0 Å². The van der Waals surface area contributed by atoms with Crippen LogP contribution in [-0.2, 0) is 27.1 Å². The Morgan fingerprint density at radius 1 is 0.787 bits per heavy atom. The minimum atomic E-state index is -0.329. The van der Waals surface area contributed by atoms with E-state index in [1.807, 2.05) is 6.07 Å². The maximum atomic E-state index is 13.9. The Hall–Kier alpha value is -2.40. The molecule has 0 amide bonds. The van der Waals surface area contributed by atoms with Gasteiger partial charge in [0.25, 0.3) is 0 Å². The summed E-state index contributed by atoms with van der Waals surface area (Å²) in [6.45, 7) is 9.20. The molecule has 0 saturated carbocycles. The Balaban J connectivity index is 0.000000283. The second kappa shape index (κ2) is 17.3. The van der Waals surface area contributed by atoms with Gasteiger partial charge in [-0.15, -0.1) is 23.3 Å². The number of fused-ring (bicyclic) bond motifs is 4. The normalized spacial score (nSPS) is 16.7. The molecule has 1 radical (unpaired) electrons. The van der Waals surface area contributed by atoms with Crippen molar-refractivity contribution < 1.29 is 56.0 Å². The van der Waals surface area contributed by atoms with Crippen LogP contribution in [0, 0.1) is 11.9 Å². The molecule has 6 heteroatoms. The molecule has 1 unspecified atom stereocenters. The Kier molecular flexibility index (Phi) is 14.4. The van der Waals surface area contributed by atoms with Crippen molar-refractivity contribution in [1.29, 1.82) is 0 Å². The van der Waals surface area contributed by atoms with Gasteiger partial charge in [0.15, 0.2) is 0 Å². The molecule has 2 nitrogen and oxygen atoms in total. The van der Waals surface area contributed by atoms with Crippen LogP contribution in [0.3, 0.4) is 0 Å². The van der Waals surface area contributed by atoms with E-state index in [0.717, 1.165) is 31.2 Å². The summed E-state index contributed by atoms with van der Waals surface area (Å²) in [6, 6.07) is 28.5. The van der Waals surface area contributed by atoms with Gasteiger partial charge < -0.3 is 34.8 Å². The van der Waals surface area contributed by atoms with E-state index in [0.29, 0.717) is 11.6 Å². The summed E-state index contributed by atoms with van der Waals surface area (Å²) < 4.78 is 13.9. The van der Waals surface area contributed by atoms with Crippen molar-refractivity contribution in [3.05, 3.63) is 125 Å². The first-order valence-corrected chi connectivity index (χ1v) is 16.6. The molecule has 1 N–H and O–H groups in total. The predicted molar refractivity (Wildman–Crippen MR) is 180 cm³/mol. The number of unbranched alkanes of at least 4 members (excludes halogenated alkanes) is 2. The fourth-order valence-corrected chi connectivity index (χ4v) is 7.82. The zero-order valence-electron chi connectivity index (χ0n) is 27.8. The van der Waals surface area contributed by atoms with Crippen LogP contribution in [0.1, 0.15) is 100 Å². The van der Waals surface area contributed by atoms with E-state index in [1.54, 1.807) is 0 Å². The fraction of sp³-hybridized carbons (Fsp3) is 0.366. The molecule has 1 heterocycles. The molecule has 1 saturated heterocycles. The molecule has 0 spiro atoms. The van der Waals surface area contributed by atoms with E-state index in [9.17, 15) is 9.50 Å². The van der Waals surface area contributed by atoms with E-state index in [1.165, 1.54) is 95.9 Å². The number of hydrogen-bond donors (Lipinski definition) is 1. The summed E-state index contributed by atoms with van der Waals surface area (Å²) in [5, 5.41) is 10.4. The summed E-state index contributed by atoms with van der Waals surface area (Å²) in [5.74, 6) is -0.209. The van der Waals surface area contributed by atoms with Gasteiger partial charge >= 0.3 is 21.7 Å². The minimum Gasteiger partial charge on any atom is -1.00 e. The van der Waals surface area contributed by atoms with Crippen LogP contribution < -0.4 is 24.8 Å². The summed E-state index contributed by atoms with van der Waals surface area (Å²) >= 11 is 0. The fourth-order valence-electron chi connectivity index (χ4n) is 7.82. The van der Waals surface area contributed by atoms with Gasteiger partial charge in [-0.25, -0.2) is 4.39 Å². The minimum absolute atomic E-state index is 0. The number of phenols is 1. The van der Waals surface area contributed by atoms with Gasteiger partial charge in [-0.1, -0.05) is 88.9 Å². The zero-order chi connectivity index (χ0) is 30.7. The Morgan fingerprint density at radius 2 is 1.43 bits per heavy atom. The molecule has 245 valence electrons. The van der Waals surface area contributed by atoms with Crippen molar-refractivity contribution in [3.63, 3.8) is 0 Å². The number of hydrogen-bond acceptors (Lipinski definition) is 2. The Labute approximate surface area is 308 Å². The molecular weight excluding hydrogens is 660 g/mol. The third kappa shape index (κ3) is 7.76. The van der Waals surface area contributed by atoms with Crippen LogP contribution in [0.4, 0.5) is 4.39 Å². The van der Waals surface area contributed by atoms with E-state index in [4.69, 9.17) is 0 Å². The van der Waals surface area contributed by atoms with Gasteiger partial charge in [-0.3, -0.25) is 0 Å². The molecular formula is C41H45Cl2FNOTi. The third-order valence-corrected chi connectivity index (χ3v) is 9.95. The number of benzene rings is 4. The maximum Gasteiger partial charge on any atom is 3.00 e. The van der Waals surface area contributed by atoms with Gasteiger partial charge in [-0.05, 0) is 90.9 Å². The van der Waals surface area contributed by atoms with Gasteiger partial charge in [0.2, 0.25) is 0 Å². The number of likely N-dealkylation sites (tertiary alicyclic amines) is 1. The molecule has 1 atom stereocenters. The van der Waals surface area contributed by atoms with Crippen LogP contribution in [-0.4, -0.2) is 23.1 Å². The molecule has 47 heavy (non-hydrogen) atoms. The van der Waals surface area contributed by atoms with Crippen molar-refractivity contribution in [3.8, 4) is 28.0 Å². The predicted octanol–water partition coefficient (Wildman–Crippen LogP) is 4.79. The van der Waals surface area contributed by atoms with E-state index in [2.05, 4.69) is 92.4 Å². The molecule has 0 bridgehead atoms. The van der Waals surface area contributed by atoms with Gasteiger partial charge in [0.1, 0.15) is 11.6 Å². The topological polar surface area (TPSA) is 23.5 Å². The number of nitrogens with zero attached hydrogens (tertiary/aromatic N) is 1. The molecule has 1 aliphatic heterocycles. The second-order valence-corrected chi connectivity index (χ2v) is 12.8. The van der Waals surface area contributed by atoms with Crippen LogP contribution in [0.15, 0.2) is 90.5 Å². The van der Waals surface area contributed by atoms with Gasteiger partial charge in [0.05, 0.1) is 0 Å². The average molecular weight is 706 g/mol. The number of phenolic OH excluding ortho intramolecular Hbond substituents is 1. The van der Waals surface area contributed by atoms with Crippen molar-refractivity contribution in [2.45, 2.75) is 83.6 Å². The molecule has 4 aromatic carbocycles. The summed E-state index contributed by atoms with van der Waals surface area (Å²) in [6.07, 6.45) is 13.1. The molecule has 2 aliphatic carbocycles. The van der Waals surface area contributed by atoms with E-state index in [-0.39, 0.29) is 63.5 Å². The monoisotopic (exact) mass is 704 g/mol. The molecule has 0 aromatic heterocycles. The Bertz CT molecular complexity index is 1660. The molecule has 1 fully saturated rings. The summed E-state index contributed by atoms with van der Waals surface area (Å²) in [7, 11) is 0. The summed E-state index contributed by atoms with van der Waals surface area (Å²) in [5.41, 5.74) is 10.9. The van der Waals surface area contributed by atoms with Gasteiger partial charge in [-0.2, -0.15) is 17.7 Å². The number of halogens is 3. The average Bonchev–Trinajstić information content (AvgIpc) is 3.75. The van der Waals surface area contributed by atoms with Crippen molar-refractivity contribution >= 4 is 0 Å². The van der Waals surface area contributed by atoms with Crippen molar-refractivity contribution in [2.75, 3.05) is 13.1 Å². The maximum absolute atomic E-state index is 13.9. The first-order valence-electron chi connectivity index (χ1n) is 16.6. The molecule has 4 aromatic rings. The zero-order valence-corrected chi connectivity index (χ0v) is 30.8. The van der Waals surface area contributed by atoms with Crippen LogP contribution in [0.25, 0.3) is 22.3 Å². The summed E-state index contributed by atoms with van der Waals surface area (Å²) in [4.78, 5) is 2.59. The number of rotatable bonds is 8. The van der Waals surface area contributed by atoms with Crippen LogP contribution in [0.5, 0.6) is 5.75 Å². The largest absolute Gasteiger partial charge is 3.00 e. The van der Waals surface area contributed by atoms with Crippen molar-refractivity contribution in [1.82, 2.24) is 4.90 Å². The van der Waals surface area contributed by atoms with Crippen LogP contribution in [0.2, 0.25) is 0 Å². The smallest absolute Gasteiger partial charge is 1.00 e. The SMILES string of the molecule is CC1=[C-]c2ccccc2C1N1CCCC1.CCCCC1(CCCC)c2ccccc2-c2ccc(-c3cc(F)ccc3O)cc21.[Cl-].[Cl-].[Ti+3]. The molecule has 3 aliphatic rings. The first-order chi connectivity index (χ1) is 21.5. The van der Waals surface area contributed by atoms with Crippen molar-refractivity contribution in [2.24, 2.45) is 0 Å².